The van der Waals surface area contributed by atoms with Crippen LogP contribution in [0.1, 0.15) is 38.5 Å². The highest BCUT2D eigenvalue weighted by Crippen LogP contribution is 2.34. The van der Waals surface area contributed by atoms with Gasteiger partial charge in [0.15, 0.2) is 0 Å². The number of primary amides is 1. The number of nitriles is 1. The number of hydrogen-bond acceptors (Lipinski definition) is 4. The second kappa shape index (κ2) is 6.84. The number of ether oxygens (including phenoxy) is 1. The lowest BCUT2D eigenvalue weighted by atomic mass is 9.81. The Bertz CT molecular complexity index is 341. The van der Waals surface area contributed by atoms with E-state index in [-0.39, 0.29) is 19.1 Å². The number of rotatable bonds is 4. The third-order valence-electron chi connectivity index (χ3n) is 3.24. The first-order chi connectivity index (χ1) is 8.60. The summed E-state index contributed by atoms with van der Waals surface area (Å²) < 4.78 is 4.51. The van der Waals surface area contributed by atoms with E-state index in [0.29, 0.717) is 12.8 Å². The normalized spacial score (nSPS) is 18.2. The number of amides is 2. The molecule has 100 valence electrons. The van der Waals surface area contributed by atoms with Crippen LogP contribution in [0.15, 0.2) is 0 Å². The molecular weight excluding hydrogens is 234 g/mol. The summed E-state index contributed by atoms with van der Waals surface area (Å²) in [4.78, 5) is 22.4. The van der Waals surface area contributed by atoms with Gasteiger partial charge >= 0.3 is 6.09 Å². The molecule has 0 heterocycles. The van der Waals surface area contributed by atoms with E-state index in [1.54, 1.807) is 0 Å². The lowest BCUT2D eigenvalue weighted by molar-refractivity contribution is -0.128. The van der Waals surface area contributed by atoms with Crippen LogP contribution in [-0.4, -0.2) is 25.2 Å². The van der Waals surface area contributed by atoms with E-state index in [2.05, 4.69) is 16.1 Å². The fourth-order valence-corrected chi connectivity index (χ4v) is 2.21. The molecule has 1 fully saturated rings. The van der Waals surface area contributed by atoms with Gasteiger partial charge < -0.3 is 15.8 Å². The molecule has 1 rings (SSSR count). The minimum Gasteiger partial charge on any atom is -0.448 e. The molecule has 6 nitrogen and oxygen atoms in total. The highest BCUT2D eigenvalue weighted by molar-refractivity contribution is 5.85. The number of nitrogens with zero attached hydrogens (tertiary/aromatic N) is 1. The molecule has 3 N–H and O–H groups in total. The number of hydrogen-bond donors (Lipinski definition) is 2. The maximum Gasteiger partial charge on any atom is 0.404 e. The summed E-state index contributed by atoms with van der Waals surface area (Å²) in [7, 11) is 0. The molecule has 0 unspecified atom stereocenters. The average Bonchev–Trinajstić information content (AvgIpc) is 2.60. The van der Waals surface area contributed by atoms with Gasteiger partial charge in [-0.15, -0.1) is 0 Å². The van der Waals surface area contributed by atoms with Gasteiger partial charge in [-0.25, -0.2) is 4.79 Å². The zero-order valence-corrected chi connectivity index (χ0v) is 10.4. The molecule has 0 saturated heterocycles. The predicted octanol–water partition coefficient (Wildman–Crippen LogP) is 1.06. The summed E-state index contributed by atoms with van der Waals surface area (Å²) in [6.07, 6.45) is 4.28. The Hall–Kier alpha value is -1.77. The summed E-state index contributed by atoms with van der Waals surface area (Å²) in [5.74, 6) is -0.264. The largest absolute Gasteiger partial charge is 0.448 e. The van der Waals surface area contributed by atoms with Crippen LogP contribution < -0.4 is 11.1 Å². The monoisotopic (exact) mass is 253 g/mol. The van der Waals surface area contributed by atoms with Crippen molar-refractivity contribution in [1.29, 1.82) is 5.26 Å². The number of nitrogens with two attached hydrogens (primary N) is 1. The van der Waals surface area contributed by atoms with Gasteiger partial charge in [-0.1, -0.05) is 25.7 Å². The molecule has 0 atom stereocenters. The van der Waals surface area contributed by atoms with E-state index >= 15 is 0 Å². The molecule has 6 heteroatoms. The first kappa shape index (κ1) is 14.3. The molecule has 0 bridgehead atoms. The SMILES string of the molecule is N#CC1(C(=O)NCCOC(N)=O)CCCCCC1. The fourth-order valence-electron chi connectivity index (χ4n) is 2.21. The van der Waals surface area contributed by atoms with Crippen LogP contribution in [0, 0.1) is 16.7 Å². The van der Waals surface area contributed by atoms with Crippen molar-refractivity contribution in [3.8, 4) is 6.07 Å². The maximum absolute atomic E-state index is 12.0. The van der Waals surface area contributed by atoms with Gasteiger partial charge in [0.1, 0.15) is 12.0 Å². The van der Waals surface area contributed by atoms with Gasteiger partial charge in [0, 0.05) is 0 Å². The van der Waals surface area contributed by atoms with Crippen molar-refractivity contribution in [2.75, 3.05) is 13.2 Å². The summed E-state index contributed by atoms with van der Waals surface area (Å²) >= 11 is 0. The smallest absolute Gasteiger partial charge is 0.404 e. The Morgan fingerprint density at radius 2 is 1.89 bits per heavy atom. The Morgan fingerprint density at radius 1 is 1.28 bits per heavy atom. The first-order valence-corrected chi connectivity index (χ1v) is 6.22. The Labute approximate surface area is 106 Å². The van der Waals surface area contributed by atoms with Crippen molar-refractivity contribution in [2.45, 2.75) is 38.5 Å². The van der Waals surface area contributed by atoms with Crippen molar-refractivity contribution in [1.82, 2.24) is 5.32 Å². The Kier molecular flexibility index (Phi) is 5.43. The summed E-state index contributed by atoms with van der Waals surface area (Å²) in [6.45, 7) is 0.216. The standard InChI is InChI=1S/C12H19N3O3/c13-9-12(5-3-1-2-4-6-12)10(16)15-7-8-18-11(14)17/h1-8H2,(H2,14,17)(H,15,16). The van der Waals surface area contributed by atoms with E-state index in [4.69, 9.17) is 5.73 Å². The van der Waals surface area contributed by atoms with Gasteiger partial charge in [-0.3, -0.25) is 4.79 Å². The van der Waals surface area contributed by atoms with Crippen LogP contribution in [0.4, 0.5) is 4.79 Å². The van der Waals surface area contributed by atoms with Crippen LogP contribution in [0.3, 0.4) is 0 Å². The second-order valence-electron chi connectivity index (χ2n) is 4.53. The summed E-state index contributed by atoms with van der Waals surface area (Å²) in [6, 6.07) is 2.16. The van der Waals surface area contributed by atoms with Crippen molar-refractivity contribution in [3.63, 3.8) is 0 Å². The highest BCUT2D eigenvalue weighted by atomic mass is 16.5. The van der Waals surface area contributed by atoms with Crippen molar-refractivity contribution in [2.24, 2.45) is 11.1 Å². The van der Waals surface area contributed by atoms with Gasteiger partial charge in [-0.05, 0) is 12.8 Å². The van der Waals surface area contributed by atoms with E-state index in [1.807, 2.05) is 0 Å². The summed E-state index contributed by atoms with van der Waals surface area (Å²) in [5.41, 5.74) is 3.89. The van der Waals surface area contributed by atoms with Crippen molar-refractivity contribution < 1.29 is 14.3 Å². The Balaban J connectivity index is 2.46. The van der Waals surface area contributed by atoms with Crippen molar-refractivity contribution in [3.05, 3.63) is 0 Å². The third-order valence-corrected chi connectivity index (χ3v) is 3.24. The van der Waals surface area contributed by atoms with Gasteiger partial charge in [0.05, 0.1) is 12.6 Å². The number of carbonyl (C=O) groups is 2. The molecule has 2 amide bonds. The predicted molar refractivity (Wildman–Crippen MR) is 64.3 cm³/mol. The molecule has 1 saturated carbocycles. The zero-order chi connectivity index (χ0) is 13.4. The fraction of sp³-hybridized carbons (Fsp3) is 0.750. The minimum atomic E-state index is -0.913. The topological polar surface area (TPSA) is 105 Å². The molecule has 0 aliphatic heterocycles. The molecule has 18 heavy (non-hydrogen) atoms. The lowest BCUT2D eigenvalue weighted by Crippen LogP contribution is -2.41. The molecule has 1 aliphatic rings. The molecule has 0 aromatic heterocycles. The lowest BCUT2D eigenvalue weighted by Gasteiger charge is -2.23. The van der Waals surface area contributed by atoms with E-state index < -0.39 is 11.5 Å². The van der Waals surface area contributed by atoms with E-state index in [0.717, 1.165) is 25.7 Å². The van der Waals surface area contributed by atoms with Crippen LogP contribution >= 0.6 is 0 Å². The molecule has 0 radical (unpaired) electrons. The second-order valence-corrected chi connectivity index (χ2v) is 4.53. The minimum absolute atomic E-state index is 0.0303. The van der Waals surface area contributed by atoms with Gasteiger partial charge in [-0.2, -0.15) is 5.26 Å². The molecule has 1 aliphatic carbocycles. The van der Waals surface area contributed by atoms with Crippen LogP contribution in [0.5, 0.6) is 0 Å². The number of carbonyl (C=O) groups excluding carboxylic acids is 2. The molecule has 0 aromatic carbocycles. The molecule has 0 aromatic rings. The average molecular weight is 253 g/mol. The first-order valence-electron chi connectivity index (χ1n) is 6.22. The quantitative estimate of drug-likeness (QED) is 0.577. The van der Waals surface area contributed by atoms with Crippen LogP contribution in [0.25, 0.3) is 0 Å². The number of nitrogens with one attached hydrogen (secondary N) is 1. The zero-order valence-electron chi connectivity index (χ0n) is 10.4. The van der Waals surface area contributed by atoms with E-state index in [1.165, 1.54) is 0 Å². The Morgan fingerprint density at radius 3 is 2.39 bits per heavy atom. The van der Waals surface area contributed by atoms with Crippen LogP contribution in [0.2, 0.25) is 0 Å². The van der Waals surface area contributed by atoms with Gasteiger partial charge in [0.2, 0.25) is 5.91 Å². The molecule has 0 spiro atoms. The summed E-state index contributed by atoms with van der Waals surface area (Å²) in [5, 5.41) is 11.9. The maximum atomic E-state index is 12.0. The van der Waals surface area contributed by atoms with Crippen molar-refractivity contribution >= 4 is 12.0 Å². The van der Waals surface area contributed by atoms with Gasteiger partial charge in [0.25, 0.3) is 0 Å². The third kappa shape index (κ3) is 3.91. The van der Waals surface area contributed by atoms with E-state index in [9.17, 15) is 14.9 Å². The molecular formula is C12H19N3O3. The highest BCUT2D eigenvalue weighted by Gasteiger charge is 2.38. The van der Waals surface area contributed by atoms with Crippen LogP contribution in [-0.2, 0) is 9.53 Å².